The van der Waals surface area contributed by atoms with Crippen molar-refractivity contribution >= 4 is 11.3 Å². The van der Waals surface area contributed by atoms with Crippen molar-refractivity contribution in [3.8, 4) is 0 Å². The van der Waals surface area contributed by atoms with Crippen LogP contribution in [-0.4, -0.2) is 14.8 Å². The lowest BCUT2D eigenvalue weighted by Crippen LogP contribution is -2.18. The molecule has 2 heterocycles. The molecule has 0 aromatic carbocycles. The van der Waals surface area contributed by atoms with Crippen LogP contribution in [-0.2, 0) is 13.6 Å². The van der Waals surface area contributed by atoms with E-state index in [1.165, 1.54) is 16.1 Å². The van der Waals surface area contributed by atoms with E-state index in [0.717, 1.165) is 17.2 Å². The standard InChI is InChI=1S/C13H20N4S/c1-8(13-9(2)16-11(4)18-13)14-6-12-7-15-17(5)10(12)3/h7-8,14H,6H2,1-5H3. The molecule has 2 aromatic heterocycles. The van der Waals surface area contributed by atoms with Gasteiger partial charge in [0.05, 0.1) is 16.9 Å². The zero-order valence-corrected chi connectivity index (χ0v) is 12.4. The third-order valence-electron chi connectivity index (χ3n) is 3.27. The number of hydrogen-bond donors (Lipinski definition) is 1. The Balaban J connectivity index is 2.02. The summed E-state index contributed by atoms with van der Waals surface area (Å²) >= 11 is 1.77. The second-order valence-electron chi connectivity index (χ2n) is 4.66. The Labute approximate surface area is 112 Å². The van der Waals surface area contributed by atoms with E-state index in [9.17, 15) is 0 Å². The van der Waals surface area contributed by atoms with Crippen LogP contribution in [0.4, 0.5) is 0 Å². The Hall–Kier alpha value is -1.20. The van der Waals surface area contributed by atoms with E-state index in [1.807, 2.05) is 17.9 Å². The first-order chi connectivity index (χ1) is 8.49. The third kappa shape index (κ3) is 2.62. The quantitative estimate of drug-likeness (QED) is 0.923. The van der Waals surface area contributed by atoms with Crippen LogP contribution in [0, 0.1) is 20.8 Å². The number of hydrogen-bond acceptors (Lipinski definition) is 4. The molecule has 1 atom stereocenters. The van der Waals surface area contributed by atoms with Gasteiger partial charge >= 0.3 is 0 Å². The van der Waals surface area contributed by atoms with Gasteiger partial charge in [-0.2, -0.15) is 5.10 Å². The van der Waals surface area contributed by atoms with Crippen LogP contribution in [0.2, 0.25) is 0 Å². The van der Waals surface area contributed by atoms with Crippen LogP contribution in [0.1, 0.15) is 39.8 Å². The van der Waals surface area contributed by atoms with E-state index in [0.29, 0.717) is 6.04 Å². The van der Waals surface area contributed by atoms with Crippen molar-refractivity contribution in [3.63, 3.8) is 0 Å². The average molecular weight is 264 g/mol. The fraction of sp³-hybridized carbons (Fsp3) is 0.538. The summed E-state index contributed by atoms with van der Waals surface area (Å²) in [5.41, 5.74) is 3.61. The minimum Gasteiger partial charge on any atom is -0.305 e. The Morgan fingerprint density at radius 2 is 2.11 bits per heavy atom. The SMILES string of the molecule is Cc1nc(C)c(C(C)NCc2cnn(C)c2C)s1. The van der Waals surface area contributed by atoms with Gasteiger partial charge < -0.3 is 5.32 Å². The lowest BCUT2D eigenvalue weighted by Gasteiger charge is -2.12. The van der Waals surface area contributed by atoms with Gasteiger partial charge in [-0.3, -0.25) is 4.68 Å². The zero-order valence-electron chi connectivity index (χ0n) is 11.6. The van der Waals surface area contributed by atoms with Gasteiger partial charge in [-0.1, -0.05) is 0 Å². The molecule has 1 N–H and O–H groups in total. The van der Waals surface area contributed by atoms with Gasteiger partial charge in [0, 0.05) is 35.8 Å². The van der Waals surface area contributed by atoms with Crippen molar-refractivity contribution in [2.45, 2.75) is 40.3 Å². The minimum absolute atomic E-state index is 0.329. The van der Waals surface area contributed by atoms with Crippen molar-refractivity contribution in [3.05, 3.63) is 33.0 Å². The second-order valence-corrected chi connectivity index (χ2v) is 5.90. The molecule has 2 rings (SSSR count). The van der Waals surface area contributed by atoms with Gasteiger partial charge in [0.15, 0.2) is 0 Å². The van der Waals surface area contributed by atoms with Crippen molar-refractivity contribution in [1.29, 1.82) is 0 Å². The van der Waals surface area contributed by atoms with Gasteiger partial charge in [-0.25, -0.2) is 4.98 Å². The molecule has 0 radical (unpaired) electrons. The lowest BCUT2D eigenvalue weighted by molar-refractivity contribution is 0.577. The minimum atomic E-state index is 0.329. The highest BCUT2D eigenvalue weighted by atomic mass is 32.1. The monoisotopic (exact) mass is 264 g/mol. The largest absolute Gasteiger partial charge is 0.305 e. The smallest absolute Gasteiger partial charge is 0.0900 e. The Morgan fingerprint density at radius 1 is 1.39 bits per heavy atom. The molecule has 0 aliphatic rings. The molecule has 0 spiro atoms. The summed E-state index contributed by atoms with van der Waals surface area (Å²) in [7, 11) is 1.97. The highest BCUT2D eigenvalue weighted by molar-refractivity contribution is 7.11. The highest BCUT2D eigenvalue weighted by Gasteiger charge is 2.13. The molecular formula is C13H20N4S. The summed E-state index contributed by atoms with van der Waals surface area (Å²) in [5.74, 6) is 0. The molecule has 0 bridgehead atoms. The Morgan fingerprint density at radius 3 is 2.61 bits per heavy atom. The van der Waals surface area contributed by atoms with Crippen LogP contribution >= 0.6 is 11.3 Å². The second kappa shape index (κ2) is 5.20. The molecule has 2 aromatic rings. The maximum absolute atomic E-state index is 4.47. The third-order valence-corrected chi connectivity index (χ3v) is 4.52. The van der Waals surface area contributed by atoms with Gasteiger partial charge in [0.1, 0.15) is 0 Å². The maximum atomic E-state index is 4.47. The molecule has 0 saturated carbocycles. The topological polar surface area (TPSA) is 42.7 Å². The molecule has 18 heavy (non-hydrogen) atoms. The zero-order chi connectivity index (χ0) is 13.3. The molecule has 0 amide bonds. The van der Waals surface area contributed by atoms with E-state index in [1.54, 1.807) is 11.3 Å². The first-order valence-corrected chi connectivity index (χ1v) is 6.95. The van der Waals surface area contributed by atoms with Crippen LogP contribution in [0.25, 0.3) is 0 Å². The number of aromatic nitrogens is 3. The first-order valence-electron chi connectivity index (χ1n) is 6.13. The number of rotatable bonds is 4. The lowest BCUT2D eigenvalue weighted by atomic mass is 10.2. The van der Waals surface area contributed by atoms with Gasteiger partial charge in [-0.15, -0.1) is 11.3 Å². The van der Waals surface area contributed by atoms with Crippen LogP contribution < -0.4 is 5.32 Å². The summed E-state index contributed by atoms with van der Waals surface area (Å²) in [6.07, 6.45) is 1.93. The van der Waals surface area contributed by atoms with E-state index >= 15 is 0 Å². The van der Waals surface area contributed by atoms with Gasteiger partial charge in [-0.05, 0) is 27.7 Å². The number of nitrogens with zero attached hydrogens (tertiary/aromatic N) is 3. The van der Waals surface area contributed by atoms with Crippen molar-refractivity contribution < 1.29 is 0 Å². The van der Waals surface area contributed by atoms with Crippen molar-refractivity contribution in [2.75, 3.05) is 0 Å². The van der Waals surface area contributed by atoms with Crippen LogP contribution in [0.15, 0.2) is 6.20 Å². The molecule has 98 valence electrons. The number of thiazole rings is 1. The van der Waals surface area contributed by atoms with Gasteiger partial charge in [0.2, 0.25) is 0 Å². The molecular weight excluding hydrogens is 244 g/mol. The molecule has 4 nitrogen and oxygen atoms in total. The van der Waals surface area contributed by atoms with E-state index < -0.39 is 0 Å². The normalized spacial score (nSPS) is 12.9. The summed E-state index contributed by atoms with van der Waals surface area (Å²) in [6, 6.07) is 0.329. The molecule has 0 saturated heterocycles. The fourth-order valence-corrected chi connectivity index (χ4v) is 2.98. The van der Waals surface area contributed by atoms with Crippen molar-refractivity contribution in [2.24, 2.45) is 7.05 Å². The summed E-state index contributed by atoms with van der Waals surface area (Å²) in [4.78, 5) is 5.80. The highest BCUT2D eigenvalue weighted by Crippen LogP contribution is 2.24. The average Bonchev–Trinajstić information content (AvgIpc) is 2.81. The summed E-state index contributed by atoms with van der Waals surface area (Å²) in [6.45, 7) is 9.26. The van der Waals surface area contributed by atoms with E-state index in [4.69, 9.17) is 0 Å². The Kier molecular flexibility index (Phi) is 3.82. The van der Waals surface area contributed by atoms with Gasteiger partial charge in [0.25, 0.3) is 0 Å². The molecule has 0 fully saturated rings. The molecule has 0 aliphatic heterocycles. The summed E-state index contributed by atoms with van der Waals surface area (Å²) < 4.78 is 1.91. The Bertz CT molecular complexity index is 541. The van der Waals surface area contributed by atoms with E-state index in [-0.39, 0.29) is 0 Å². The number of aryl methyl sites for hydroxylation is 3. The predicted molar refractivity (Wildman–Crippen MR) is 74.8 cm³/mol. The first kappa shape index (κ1) is 13.2. The maximum Gasteiger partial charge on any atom is 0.0900 e. The molecule has 5 heteroatoms. The number of nitrogens with one attached hydrogen (secondary N) is 1. The van der Waals surface area contributed by atoms with E-state index in [2.05, 4.69) is 43.1 Å². The fourth-order valence-electron chi connectivity index (χ4n) is 2.02. The summed E-state index contributed by atoms with van der Waals surface area (Å²) in [5, 5.41) is 8.93. The predicted octanol–water partition coefficient (Wildman–Crippen LogP) is 2.65. The van der Waals surface area contributed by atoms with Crippen molar-refractivity contribution in [1.82, 2.24) is 20.1 Å². The van der Waals surface area contributed by atoms with Crippen LogP contribution in [0.5, 0.6) is 0 Å². The van der Waals surface area contributed by atoms with Crippen LogP contribution in [0.3, 0.4) is 0 Å². The molecule has 0 aliphatic carbocycles. The molecule has 1 unspecified atom stereocenters.